The Labute approximate surface area is 178 Å². The maximum atomic E-state index is 13.7. The van der Waals surface area contributed by atoms with Crippen LogP contribution in [0.4, 0.5) is 15.9 Å². The van der Waals surface area contributed by atoms with Gasteiger partial charge in [0.2, 0.25) is 0 Å². The number of hydrogen-bond acceptors (Lipinski definition) is 5. The van der Waals surface area contributed by atoms with Crippen molar-refractivity contribution in [3.8, 4) is 0 Å². The highest BCUT2D eigenvalue weighted by molar-refractivity contribution is 5.94. The zero-order valence-electron chi connectivity index (χ0n) is 17.5. The number of likely N-dealkylation sites (tertiary alicyclic amines) is 1. The van der Waals surface area contributed by atoms with Gasteiger partial charge in [-0.2, -0.15) is 0 Å². The summed E-state index contributed by atoms with van der Waals surface area (Å²) in [5, 5.41) is 4.38. The number of anilines is 2. The predicted octanol–water partition coefficient (Wildman–Crippen LogP) is 2.57. The van der Waals surface area contributed by atoms with Gasteiger partial charge in [0, 0.05) is 43.8 Å². The monoisotopic (exact) mass is 424 g/mol. The van der Waals surface area contributed by atoms with Gasteiger partial charge in [0.05, 0.1) is 12.1 Å². The van der Waals surface area contributed by atoms with Gasteiger partial charge < -0.3 is 9.80 Å². The van der Waals surface area contributed by atoms with Crippen molar-refractivity contribution in [1.29, 1.82) is 0 Å². The van der Waals surface area contributed by atoms with Crippen molar-refractivity contribution in [3.05, 3.63) is 52.2 Å². The van der Waals surface area contributed by atoms with Crippen molar-refractivity contribution in [2.45, 2.75) is 45.3 Å². The molecule has 2 aliphatic heterocycles. The molecule has 0 radical (unpaired) electrons. The van der Waals surface area contributed by atoms with E-state index in [-0.39, 0.29) is 18.1 Å². The second kappa shape index (κ2) is 7.79. The fourth-order valence-corrected chi connectivity index (χ4v) is 4.51. The van der Waals surface area contributed by atoms with Gasteiger partial charge in [-0.05, 0) is 50.3 Å². The number of alkyl halides is 1. The van der Waals surface area contributed by atoms with E-state index in [4.69, 9.17) is 0 Å². The number of carbonyl (C=O) groups is 1. The molecule has 2 aliphatic rings. The summed E-state index contributed by atoms with van der Waals surface area (Å²) in [5.41, 5.74) is 2.86. The molecule has 3 aromatic rings. The van der Waals surface area contributed by atoms with Crippen LogP contribution >= 0.6 is 0 Å². The molecule has 0 spiro atoms. The number of hydrogen-bond donors (Lipinski definition) is 0. The third kappa shape index (κ3) is 3.47. The Kier molecular flexibility index (Phi) is 4.95. The third-order valence-corrected chi connectivity index (χ3v) is 6.10. The number of aryl methyl sites for hydroxylation is 2. The molecular formula is C22H25FN6O2. The Hall–Kier alpha value is -3.23. The lowest BCUT2D eigenvalue weighted by Crippen LogP contribution is -2.40. The van der Waals surface area contributed by atoms with Crippen LogP contribution in [0, 0.1) is 0 Å². The minimum atomic E-state index is -0.947. The summed E-state index contributed by atoms with van der Waals surface area (Å²) in [6.45, 7) is 3.94. The van der Waals surface area contributed by atoms with E-state index in [1.54, 1.807) is 17.3 Å². The molecule has 0 aromatic carbocycles. The van der Waals surface area contributed by atoms with Gasteiger partial charge in [0.1, 0.15) is 12.0 Å². The van der Waals surface area contributed by atoms with Crippen molar-refractivity contribution in [1.82, 2.24) is 24.1 Å². The summed E-state index contributed by atoms with van der Waals surface area (Å²) in [7, 11) is 0. The van der Waals surface area contributed by atoms with Crippen LogP contribution in [0.2, 0.25) is 0 Å². The zero-order valence-corrected chi connectivity index (χ0v) is 17.5. The maximum Gasteiger partial charge on any atom is 0.350 e. The molecule has 0 aliphatic carbocycles. The predicted molar refractivity (Wildman–Crippen MR) is 115 cm³/mol. The molecule has 0 N–H and O–H groups in total. The molecule has 1 fully saturated rings. The molecule has 1 atom stereocenters. The molecule has 0 unspecified atom stereocenters. The molecule has 31 heavy (non-hydrogen) atoms. The number of amides is 1. The summed E-state index contributed by atoms with van der Waals surface area (Å²) >= 11 is 0. The molecule has 162 valence electrons. The zero-order chi connectivity index (χ0) is 21.5. The fourth-order valence-electron chi connectivity index (χ4n) is 4.51. The summed E-state index contributed by atoms with van der Waals surface area (Å²) in [4.78, 5) is 33.4. The van der Waals surface area contributed by atoms with Crippen LogP contribution in [0.1, 0.15) is 42.1 Å². The van der Waals surface area contributed by atoms with E-state index in [9.17, 15) is 14.0 Å². The van der Waals surface area contributed by atoms with Crippen molar-refractivity contribution < 1.29 is 9.18 Å². The molecule has 1 amide bonds. The van der Waals surface area contributed by atoms with Gasteiger partial charge in [0.15, 0.2) is 5.65 Å². The lowest BCUT2D eigenvalue weighted by atomic mass is 10.0. The average molecular weight is 424 g/mol. The smallest absolute Gasteiger partial charge is 0.336 e. The van der Waals surface area contributed by atoms with Crippen LogP contribution in [0.15, 0.2) is 35.4 Å². The molecule has 9 heteroatoms. The van der Waals surface area contributed by atoms with E-state index in [0.29, 0.717) is 37.1 Å². The SMILES string of the molecule is CCn1nc2cc(N3CCCc4cc(C(=O)N5CCC[C@H](F)C5)cnc43)ccn2c1=O. The number of carbonyl (C=O) groups excluding carboxylic acids is 1. The van der Waals surface area contributed by atoms with Crippen LogP contribution < -0.4 is 10.6 Å². The van der Waals surface area contributed by atoms with Gasteiger partial charge >= 0.3 is 5.69 Å². The number of nitrogens with zero attached hydrogens (tertiary/aromatic N) is 6. The highest BCUT2D eigenvalue weighted by Crippen LogP contribution is 2.32. The maximum absolute atomic E-state index is 13.7. The summed E-state index contributed by atoms with van der Waals surface area (Å²) < 4.78 is 16.7. The highest BCUT2D eigenvalue weighted by atomic mass is 19.1. The van der Waals surface area contributed by atoms with E-state index in [2.05, 4.69) is 15.0 Å². The van der Waals surface area contributed by atoms with E-state index in [1.807, 2.05) is 25.1 Å². The van der Waals surface area contributed by atoms with Crippen LogP contribution in [-0.4, -0.2) is 55.8 Å². The van der Waals surface area contributed by atoms with Crippen molar-refractivity contribution >= 4 is 23.1 Å². The van der Waals surface area contributed by atoms with Crippen molar-refractivity contribution in [3.63, 3.8) is 0 Å². The average Bonchev–Trinajstić information content (AvgIpc) is 3.12. The normalized spacial score (nSPS) is 19.0. The molecular weight excluding hydrogens is 399 g/mol. The number of halogens is 1. The lowest BCUT2D eigenvalue weighted by molar-refractivity contribution is 0.0635. The largest absolute Gasteiger partial charge is 0.350 e. The number of pyridine rings is 2. The van der Waals surface area contributed by atoms with Crippen molar-refractivity contribution in [2.75, 3.05) is 24.5 Å². The van der Waals surface area contributed by atoms with Gasteiger partial charge in [-0.3, -0.25) is 9.20 Å². The molecule has 3 aromatic heterocycles. The molecule has 8 nitrogen and oxygen atoms in total. The van der Waals surface area contributed by atoms with Gasteiger partial charge in [0.25, 0.3) is 5.91 Å². The Morgan fingerprint density at radius 1 is 1.26 bits per heavy atom. The number of fused-ring (bicyclic) bond motifs is 2. The first kappa shape index (κ1) is 19.7. The highest BCUT2D eigenvalue weighted by Gasteiger charge is 2.27. The van der Waals surface area contributed by atoms with Gasteiger partial charge in [-0.1, -0.05) is 0 Å². The number of rotatable bonds is 3. The molecule has 0 bridgehead atoms. The summed E-state index contributed by atoms with van der Waals surface area (Å²) in [5.74, 6) is 0.659. The molecule has 0 saturated carbocycles. The van der Waals surface area contributed by atoms with Crippen molar-refractivity contribution in [2.24, 2.45) is 0 Å². The minimum Gasteiger partial charge on any atom is -0.336 e. The topological polar surface area (TPSA) is 75.7 Å². The first-order chi connectivity index (χ1) is 15.0. The number of aromatic nitrogens is 4. The van der Waals surface area contributed by atoms with Crippen LogP contribution in [-0.2, 0) is 13.0 Å². The lowest BCUT2D eigenvalue weighted by Gasteiger charge is -2.31. The standard InChI is InChI=1S/C22H25FN6O2/c1-2-29-22(31)28-10-7-18(12-19(28)25-29)27-9-3-5-15-11-16(13-24-20(15)27)21(30)26-8-4-6-17(23)14-26/h7,10-13,17H,2-6,8-9,14H2,1H3/t17-/m0/s1. The Bertz CT molecular complexity index is 1200. The number of piperidine rings is 1. The Balaban J connectivity index is 1.46. The summed E-state index contributed by atoms with van der Waals surface area (Å²) in [6.07, 6.45) is 5.35. The second-order valence-corrected chi connectivity index (χ2v) is 8.16. The van der Waals surface area contributed by atoms with E-state index >= 15 is 0 Å². The van der Waals surface area contributed by atoms with Gasteiger partial charge in [-0.15, -0.1) is 5.10 Å². The molecule has 5 rings (SSSR count). The van der Waals surface area contributed by atoms with Crippen LogP contribution in [0.5, 0.6) is 0 Å². The fraction of sp³-hybridized carbons (Fsp3) is 0.455. The summed E-state index contributed by atoms with van der Waals surface area (Å²) in [6, 6.07) is 5.67. The van der Waals surface area contributed by atoms with Crippen LogP contribution in [0.3, 0.4) is 0 Å². The van der Waals surface area contributed by atoms with E-state index in [0.717, 1.165) is 36.5 Å². The minimum absolute atomic E-state index is 0.152. The first-order valence-electron chi connectivity index (χ1n) is 10.8. The second-order valence-electron chi connectivity index (χ2n) is 8.16. The first-order valence-corrected chi connectivity index (χ1v) is 10.8. The van der Waals surface area contributed by atoms with E-state index < -0.39 is 6.17 Å². The van der Waals surface area contributed by atoms with Gasteiger partial charge in [-0.25, -0.2) is 18.9 Å². The molecule has 5 heterocycles. The molecule has 1 saturated heterocycles. The Morgan fingerprint density at radius 3 is 2.94 bits per heavy atom. The quantitative estimate of drug-likeness (QED) is 0.646. The third-order valence-electron chi connectivity index (χ3n) is 6.10. The Morgan fingerprint density at radius 2 is 2.13 bits per heavy atom. The van der Waals surface area contributed by atoms with Crippen LogP contribution in [0.25, 0.3) is 5.65 Å². The van der Waals surface area contributed by atoms with E-state index in [1.165, 1.54) is 9.08 Å².